The summed E-state index contributed by atoms with van der Waals surface area (Å²) >= 11 is 0. The first-order valence-electron chi connectivity index (χ1n) is 22.3. The molecule has 0 saturated carbocycles. The summed E-state index contributed by atoms with van der Waals surface area (Å²) in [6, 6.07) is 50.9. The van der Waals surface area contributed by atoms with Gasteiger partial charge in [0.1, 0.15) is 28.7 Å². The van der Waals surface area contributed by atoms with Crippen LogP contribution in [0, 0.1) is 0 Å². The molecule has 12 aromatic rings. The molecule has 7 nitrogen and oxygen atoms in total. The number of hydrogen-bond donors (Lipinski definition) is 0. The average Bonchev–Trinajstić information content (AvgIpc) is 3.52. The second kappa shape index (κ2) is 15.5. The van der Waals surface area contributed by atoms with Crippen molar-refractivity contribution >= 4 is 116 Å². The van der Waals surface area contributed by atoms with Gasteiger partial charge in [-0.1, -0.05) is 111 Å². The van der Waals surface area contributed by atoms with E-state index in [9.17, 15) is 0 Å². The van der Waals surface area contributed by atoms with Crippen LogP contribution in [0.25, 0.3) is 108 Å². The molecule has 0 N–H and O–H groups in total. The Kier molecular flexibility index (Phi) is 9.41. The quantitative estimate of drug-likeness (QED) is 0.141. The van der Waals surface area contributed by atoms with Crippen LogP contribution in [0.2, 0.25) is 0 Å². The van der Waals surface area contributed by atoms with Crippen LogP contribution in [0.15, 0.2) is 154 Å². The SMILES string of the molecule is CC[C@H](C)c1ccc(Op2oc3c(cc(OC)c4cc(OC)c5ccc6ccc7ccccc7c6c5c43)c3cc(OC)c4cc(OC)c5ccc6ccc7ccccc7c6c5c4c3o2)cc1. The van der Waals surface area contributed by atoms with Gasteiger partial charge in [0.2, 0.25) is 0 Å². The maximum atomic E-state index is 7.39. The maximum Gasteiger partial charge on any atom is 0.453 e. The molecule has 324 valence electrons. The molecule has 0 bridgehead atoms. The Hall–Kier alpha value is -7.60. The van der Waals surface area contributed by atoms with Crippen LogP contribution in [0.1, 0.15) is 31.7 Å². The summed E-state index contributed by atoms with van der Waals surface area (Å²) in [5.74, 6) is 3.80. The lowest BCUT2D eigenvalue weighted by Crippen LogP contribution is -1.94. The molecular weight excluding hydrogens is 840 g/mol. The molecule has 0 spiro atoms. The highest BCUT2D eigenvalue weighted by atomic mass is 31.1. The second-order valence-electron chi connectivity index (χ2n) is 17.0. The summed E-state index contributed by atoms with van der Waals surface area (Å²) in [7, 11) is 4.67. The maximum absolute atomic E-state index is 7.39. The molecule has 0 aliphatic carbocycles. The van der Waals surface area contributed by atoms with Gasteiger partial charge in [0, 0.05) is 53.9 Å². The third kappa shape index (κ3) is 5.96. The van der Waals surface area contributed by atoms with Gasteiger partial charge in [-0.05, 0) is 110 Å². The molecule has 0 radical (unpaired) electrons. The van der Waals surface area contributed by atoms with Gasteiger partial charge in [0.15, 0.2) is 11.2 Å². The Balaban J connectivity index is 1.36. The first-order valence-corrected chi connectivity index (χ1v) is 23.4. The zero-order valence-corrected chi connectivity index (χ0v) is 38.3. The summed E-state index contributed by atoms with van der Waals surface area (Å²) in [5.41, 5.74) is 2.45. The average molecular weight is 885 g/mol. The van der Waals surface area contributed by atoms with E-state index in [0.29, 0.717) is 34.3 Å². The van der Waals surface area contributed by atoms with Crippen LogP contribution < -0.4 is 23.5 Å². The molecule has 0 aliphatic rings. The molecule has 0 amide bonds. The van der Waals surface area contributed by atoms with Crippen molar-refractivity contribution in [2.24, 2.45) is 0 Å². The lowest BCUT2D eigenvalue weighted by Gasteiger charge is -2.17. The number of benzene rings is 11. The van der Waals surface area contributed by atoms with Crippen LogP contribution in [-0.4, -0.2) is 28.4 Å². The predicted molar refractivity (Wildman–Crippen MR) is 274 cm³/mol. The van der Waals surface area contributed by atoms with Crippen LogP contribution in [0.4, 0.5) is 0 Å². The number of rotatable bonds is 8. The van der Waals surface area contributed by atoms with Gasteiger partial charge >= 0.3 is 8.24 Å². The number of hydrogen-bond acceptors (Lipinski definition) is 7. The van der Waals surface area contributed by atoms with Crippen LogP contribution in [0.3, 0.4) is 0 Å². The molecule has 1 heterocycles. The molecule has 66 heavy (non-hydrogen) atoms. The Morgan fingerprint density at radius 1 is 0.409 bits per heavy atom. The van der Waals surface area contributed by atoms with Gasteiger partial charge < -0.3 is 31.9 Å². The van der Waals surface area contributed by atoms with E-state index in [2.05, 4.69) is 147 Å². The highest BCUT2D eigenvalue weighted by Crippen LogP contribution is 2.52. The Labute approximate surface area is 381 Å². The topological polar surface area (TPSA) is 72.4 Å². The molecule has 8 heteroatoms. The molecule has 0 saturated heterocycles. The smallest absolute Gasteiger partial charge is 0.453 e. The molecule has 0 unspecified atom stereocenters. The highest BCUT2D eigenvalue weighted by molar-refractivity contribution is 7.32. The standard InChI is InChI=1S/C58H45O7P/c1-7-32(2)33-20-24-38(25-21-33)63-66-64-57-43(28-49(61-5)45-30-47(59-3)41-26-22-36-18-16-34-12-8-10-14-39(34)51(36)53(41)55(45)57)44-29-50(62-6)46-31-48(60-4)42-27-23-37-19-17-35-13-9-11-15-40(35)52(37)54(42)56(46)58(44)65-66/h8-32H,7H2,1-6H3/t32-/m0/s1. The second-order valence-corrected chi connectivity index (χ2v) is 18.0. The van der Waals surface area contributed by atoms with E-state index < -0.39 is 8.24 Å². The number of methoxy groups -OCH3 is 4. The summed E-state index contributed by atoms with van der Waals surface area (Å²) in [6.07, 6.45) is 1.03. The minimum atomic E-state index is -2.18. The monoisotopic (exact) mass is 884 g/mol. The van der Waals surface area contributed by atoms with E-state index in [1.165, 1.54) is 5.56 Å². The summed E-state index contributed by atoms with van der Waals surface area (Å²) in [4.78, 5) is 0. The third-order valence-corrected chi connectivity index (χ3v) is 14.7. The zero-order chi connectivity index (χ0) is 44.8. The summed E-state index contributed by atoms with van der Waals surface area (Å²) in [6.45, 7) is 4.44. The van der Waals surface area contributed by atoms with Gasteiger partial charge in [-0.15, -0.1) is 0 Å². The minimum Gasteiger partial charge on any atom is -0.496 e. The van der Waals surface area contributed by atoms with Gasteiger partial charge in [-0.3, -0.25) is 0 Å². The fourth-order valence-electron chi connectivity index (χ4n) is 10.3. The van der Waals surface area contributed by atoms with E-state index in [-0.39, 0.29) is 0 Å². The highest BCUT2D eigenvalue weighted by Gasteiger charge is 2.25. The van der Waals surface area contributed by atoms with E-state index in [0.717, 1.165) is 115 Å². The van der Waals surface area contributed by atoms with Crippen molar-refractivity contribution in [3.05, 3.63) is 151 Å². The fourth-order valence-corrected chi connectivity index (χ4v) is 11.4. The van der Waals surface area contributed by atoms with E-state index in [1.807, 2.05) is 12.1 Å². The Morgan fingerprint density at radius 3 is 1.27 bits per heavy atom. The summed E-state index contributed by atoms with van der Waals surface area (Å²) < 4.78 is 46.9. The van der Waals surface area contributed by atoms with Crippen molar-refractivity contribution in [3.63, 3.8) is 0 Å². The van der Waals surface area contributed by atoms with Crippen LogP contribution in [-0.2, 0) is 0 Å². The molecule has 0 fully saturated rings. The van der Waals surface area contributed by atoms with Crippen molar-refractivity contribution in [1.82, 2.24) is 0 Å². The van der Waals surface area contributed by atoms with Crippen LogP contribution >= 0.6 is 8.24 Å². The van der Waals surface area contributed by atoms with E-state index >= 15 is 0 Å². The summed E-state index contributed by atoms with van der Waals surface area (Å²) in [5, 5.41) is 17.6. The van der Waals surface area contributed by atoms with Crippen molar-refractivity contribution < 1.29 is 31.9 Å². The number of ether oxygens (including phenoxy) is 4. The lowest BCUT2D eigenvalue weighted by atomic mass is 9.90. The molecule has 1 aromatic heterocycles. The molecule has 0 aliphatic heterocycles. The van der Waals surface area contributed by atoms with E-state index in [4.69, 9.17) is 31.9 Å². The number of fused-ring (bicyclic) bond motifs is 19. The van der Waals surface area contributed by atoms with E-state index in [1.54, 1.807) is 28.4 Å². The molecule has 12 rings (SSSR count). The first-order chi connectivity index (χ1) is 32.4. The van der Waals surface area contributed by atoms with Gasteiger partial charge in [0.05, 0.1) is 28.4 Å². The van der Waals surface area contributed by atoms with Crippen LogP contribution in [0.5, 0.6) is 28.7 Å². The van der Waals surface area contributed by atoms with Crippen molar-refractivity contribution in [3.8, 4) is 28.7 Å². The Bertz CT molecular complexity index is 3790. The van der Waals surface area contributed by atoms with Gasteiger partial charge in [0.25, 0.3) is 0 Å². The fraction of sp³-hybridized carbons (Fsp3) is 0.138. The molecular formula is C58H45O7P. The van der Waals surface area contributed by atoms with Crippen molar-refractivity contribution in [2.75, 3.05) is 28.4 Å². The predicted octanol–water partition coefficient (Wildman–Crippen LogP) is 16.9. The Morgan fingerprint density at radius 2 is 0.818 bits per heavy atom. The largest absolute Gasteiger partial charge is 0.496 e. The lowest BCUT2D eigenvalue weighted by molar-refractivity contribution is 0.415. The van der Waals surface area contributed by atoms with Crippen molar-refractivity contribution in [2.45, 2.75) is 26.2 Å². The van der Waals surface area contributed by atoms with Gasteiger partial charge in [-0.25, -0.2) is 0 Å². The molecule has 1 atom stereocenters. The molecule has 11 aromatic carbocycles. The minimum absolute atomic E-state index is 0.406. The van der Waals surface area contributed by atoms with Gasteiger partial charge in [-0.2, -0.15) is 0 Å². The van der Waals surface area contributed by atoms with Crippen molar-refractivity contribution in [1.29, 1.82) is 0 Å². The third-order valence-electron chi connectivity index (χ3n) is 13.7. The normalized spacial score (nSPS) is 12.4. The first kappa shape index (κ1) is 40.0. The zero-order valence-electron chi connectivity index (χ0n) is 37.4.